The fourth-order valence-electron chi connectivity index (χ4n) is 2.58. The lowest BCUT2D eigenvalue weighted by Gasteiger charge is -2.23. The van der Waals surface area contributed by atoms with Crippen molar-refractivity contribution in [3.8, 4) is 0 Å². The Labute approximate surface area is 155 Å². The third kappa shape index (κ3) is 6.46. The van der Waals surface area contributed by atoms with Crippen LogP contribution < -0.4 is 16.4 Å². The van der Waals surface area contributed by atoms with Crippen LogP contribution in [0.5, 0.6) is 0 Å². The predicted molar refractivity (Wildman–Crippen MR) is 95.4 cm³/mol. The molecule has 1 rings (SSSR count). The number of carboxylic acids is 1. The molecule has 10 nitrogen and oxygen atoms in total. The normalized spacial score (nSPS) is 18.9. The SMILES string of the molecule is CSCCC(NC(=O)C(N)CO)C(=O)NCC(=O)N1CCCC1C(=O)O. The second-order valence-corrected chi connectivity index (χ2v) is 6.92. The highest BCUT2D eigenvalue weighted by molar-refractivity contribution is 7.98. The first-order valence-electron chi connectivity index (χ1n) is 8.27. The summed E-state index contributed by atoms with van der Waals surface area (Å²) in [5.74, 6) is -2.17. The van der Waals surface area contributed by atoms with Gasteiger partial charge in [0.15, 0.2) is 0 Å². The van der Waals surface area contributed by atoms with Gasteiger partial charge in [-0.15, -0.1) is 0 Å². The lowest BCUT2D eigenvalue weighted by Crippen LogP contribution is -2.54. The van der Waals surface area contributed by atoms with Crippen LogP contribution >= 0.6 is 11.8 Å². The van der Waals surface area contributed by atoms with E-state index in [9.17, 15) is 19.2 Å². The number of nitrogens with two attached hydrogens (primary N) is 1. The molecule has 6 N–H and O–H groups in total. The maximum Gasteiger partial charge on any atom is 0.326 e. The summed E-state index contributed by atoms with van der Waals surface area (Å²) in [4.78, 5) is 48.6. The lowest BCUT2D eigenvalue weighted by atomic mass is 10.2. The molecule has 0 aromatic rings. The average molecular weight is 390 g/mol. The van der Waals surface area contributed by atoms with Crippen LogP contribution in [0.3, 0.4) is 0 Å². The summed E-state index contributed by atoms with van der Waals surface area (Å²) in [6.45, 7) is -0.559. The number of nitrogens with one attached hydrogen (secondary N) is 2. The summed E-state index contributed by atoms with van der Waals surface area (Å²) in [6, 6.07) is -2.90. The molecule has 0 aromatic carbocycles. The molecule has 0 radical (unpaired) electrons. The molecule has 1 heterocycles. The summed E-state index contributed by atoms with van der Waals surface area (Å²) in [6.07, 6.45) is 3.16. The van der Waals surface area contributed by atoms with Crippen LogP contribution in [-0.2, 0) is 19.2 Å². The summed E-state index contributed by atoms with van der Waals surface area (Å²) in [5.41, 5.74) is 5.43. The molecule has 148 valence electrons. The van der Waals surface area contributed by atoms with Crippen LogP contribution in [-0.4, -0.2) is 88.6 Å². The van der Waals surface area contributed by atoms with E-state index in [1.807, 2.05) is 6.26 Å². The molecule has 3 atom stereocenters. The van der Waals surface area contributed by atoms with Crippen molar-refractivity contribution in [1.29, 1.82) is 0 Å². The van der Waals surface area contributed by atoms with Crippen molar-refractivity contribution in [2.24, 2.45) is 5.73 Å². The van der Waals surface area contributed by atoms with Crippen LogP contribution in [0.25, 0.3) is 0 Å². The van der Waals surface area contributed by atoms with Gasteiger partial charge >= 0.3 is 5.97 Å². The molecule has 1 aliphatic heterocycles. The smallest absolute Gasteiger partial charge is 0.326 e. The van der Waals surface area contributed by atoms with E-state index < -0.39 is 48.4 Å². The molecule has 0 aliphatic carbocycles. The van der Waals surface area contributed by atoms with Crippen LogP contribution in [0.15, 0.2) is 0 Å². The van der Waals surface area contributed by atoms with Crippen LogP contribution in [0.4, 0.5) is 0 Å². The minimum absolute atomic E-state index is 0.326. The molecule has 3 amide bonds. The minimum atomic E-state index is -1.14. The van der Waals surface area contributed by atoms with Gasteiger partial charge in [-0.1, -0.05) is 0 Å². The number of carboxylic acid groups (broad SMARTS) is 1. The van der Waals surface area contributed by atoms with Gasteiger partial charge in [0.05, 0.1) is 13.2 Å². The van der Waals surface area contributed by atoms with Crippen molar-refractivity contribution in [2.45, 2.75) is 37.4 Å². The number of nitrogens with zero attached hydrogens (tertiary/aromatic N) is 1. The molecule has 1 fully saturated rings. The Morgan fingerprint density at radius 1 is 1.31 bits per heavy atom. The van der Waals surface area contributed by atoms with Crippen molar-refractivity contribution in [1.82, 2.24) is 15.5 Å². The average Bonchev–Trinajstić information content (AvgIpc) is 3.12. The molecule has 3 unspecified atom stereocenters. The predicted octanol–water partition coefficient (Wildman–Crippen LogP) is -2.26. The van der Waals surface area contributed by atoms with Crippen LogP contribution in [0.1, 0.15) is 19.3 Å². The third-order valence-corrected chi connectivity index (χ3v) is 4.69. The quantitative estimate of drug-likeness (QED) is 0.279. The number of aliphatic hydroxyl groups excluding tert-OH is 1. The first kappa shape index (κ1) is 22.2. The van der Waals surface area contributed by atoms with Gasteiger partial charge in [-0.2, -0.15) is 11.8 Å². The number of carbonyl (C=O) groups is 4. The van der Waals surface area contributed by atoms with Crippen LogP contribution in [0.2, 0.25) is 0 Å². The van der Waals surface area contributed by atoms with Gasteiger partial charge < -0.3 is 31.5 Å². The second-order valence-electron chi connectivity index (χ2n) is 5.93. The second kappa shape index (κ2) is 11.0. The van der Waals surface area contributed by atoms with E-state index >= 15 is 0 Å². The van der Waals surface area contributed by atoms with E-state index in [1.54, 1.807) is 0 Å². The van der Waals surface area contributed by atoms with Crippen molar-refractivity contribution in [3.63, 3.8) is 0 Å². The maximum absolute atomic E-state index is 12.3. The van der Waals surface area contributed by atoms with Gasteiger partial charge in [0.2, 0.25) is 17.7 Å². The Balaban J connectivity index is 2.60. The van der Waals surface area contributed by atoms with Gasteiger partial charge in [0.25, 0.3) is 0 Å². The standard InChI is InChI=1S/C15H26N4O6S/c1-26-6-4-10(18-13(22)9(16)8-20)14(23)17-7-12(21)19-5-2-3-11(19)15(24)25/h9-11,20H,2-8,16H2,1H3,(H,17,23)(H,18,22)(H,24,25). The highest BCUT2D eigenvalue weighted by atomic mass is 32.2. The van der Waals surface area contributed by atoms with Gasteiger partial charge in [0, 0.05) is 6.54 Å². The molecule has 0 bridgehead atoms. The van der Waals surface area contributed by atoms with E-state index in [1.165, 1.54) is 16.7 Å². The van der Waals surface area contributed by atoms with E-state index in [4.69, 9.17) is 15.9 Å². The summed E-state index contributed by atoms with van der Waals surface area (Å²) < 4.78 is 0. The fourth-order valence-corrected chi connectivity index (χ4v) is 3.05. The van der Waals surface area contributed by atoms with Gasteiger partial charge in [-0.05, 0) is 31.3 Å². The van der Waals surface area contributed by atoms with E-state index in [-0.39, 0.29) is 6.54 Å². The summed E-state index contributed by atoms with van der Waals surface area (Å²) in [7, 11) is 0. The molecule has 26 heavy (non-hydrogen) atoms. The molecule has 0 saturated carbocycles. The Morgan fingerprint density at radius 2 is 2.00 bits per heavy atom. The van der Waals surface area contributed by atoms with Crippen molar-refractivity contribution < 1.29 is 29.4 Å². The van der Waals surface area contributed by atoms with Gasteiger partial charge in [-0.25, -0.2) is 4.79 Å². The topological polar surface area (TPSA) is 162 Å². The van der Waals surface area contributed by atoms with Crippen molar-refractivity contribution >= 4 is 35.5 Å². The Hall–Kier alpha value is -1.85. The zero-order valence-electron chi connectivity index (χ0n) is 14.6. The number of carbonyl (C=O) groups excluding carboxylic acids is 3. The third-order valence-electron chi connectivity index (χ3n) is 4.05. The molecular weight excluding hydrogens is 364 g/mol. The lowest BCUT2D eigenvalue weighted by molar-refractivity contribution is -0.148. The van der Waals surface area contributed by atoms with Crippen molar-refractivity contribution in [3.05, 3.63) is 0 Å². The molecule has 0 spiro atoms. The highest BCUT2D eigenvalue weighted by Gasteiger charge is 2.34. The monoisotopic (exact) mass is 390 g/mol. The number of hydrogen-bond acceptors (Lipinski definition) is 7. The summed E-state index contributed by atoms with van der Waals surface area (Å²) >= 11 is 1.48. The number of aliphatic carboxylic acids is 1. The summed E-state index contributed by atoms with van der Waals surface area (Å²) in [5, 5.41) is 22.9. The number of aliphatic hydroxyl groups is 1. The Kier molecular flexibility index (Phi) is 9.38. The minimum Gasteiger partial charge on any atom is -0.480 e. The number of rotatable bonds is 10. The molecule has 11 heteroatoms. The first-order valence-corrected chi connectivity index (χ1v) is 9.67. The zero-order valence-corrected chi connectivity index (χ0v) is 15.5. The van der Waals surface area contributed by atoms with E-state index in [2.05, 4.69) is 10.6 Å². The Bertz CT molecular complexity index is 532. The first-order chi connectivity index (χ1) is 12.3. The highest BCUT2D eigenvalue weighted by Crippen LogP contribution is 2.17. The zero-order chi connectivity index (χ0) is 19.7. The Morgan fingerprint density at radius 3 is 2.58 bits per heavy atom. The number of amides is 3. The van der Waals surface area contributed by atoms with E-state index in [0.717, 1.165) is 0 Å². The number of hydrogen-bond donors (Lipinski definition) is 5. The maximum atomic E-state index is 12.3. The molecule has 1 saturated heterocycles. The molecular formula is C15H26N4O6S. The largest absolute Gasteiger partial charge is 0.480 e. The van der Waals surface area contributed by atoms with Crippen LogP contribution in [0, 0.1) is 0 Å². The fraction of sp³-hybridized carbons (Fsp3) is 0.733. The number of likely N-dealkylation sites (tertiary alicyclic amines) is 1. The molecule has 0 aromatic heterocycles. The van der Waals surface area contributed by atoms with Gasteiger partial charge in [-0.3, -0.25) is 14.4 Å². The van der Waals surface area contributed by atoms with Gasteiger partial charge in [0.1, 0.15) is 18.1 Å². The molecule has 1 aliphatic rings. The number of thioether (sulfide) groups is 1. The van der Waals surface area contributed by atoms with E-state index in [0.29, 0.717) is 31.6 Å². The van der Waals surface area contributed by atoms with Crippen molar-refractivity contribution in [2.75, 3.05) is 31.7 Å².